The summed E-state index contributed by atoms with van der Waals surface area (Å²) >= 11 is 9.25. The summed E-state index contributed by atoms with van der Waals surface area (Å²) in [4.78, 5) is 14.8. The Morgan fingerprint density at radius 3 is 2.88 bits per heavy atom. The fourth-order valence-corrected chi connectivity index (χ4v) is 5.23. The lowest BCUT2D eigenvalue weighted by molar-refractivity contribution is -0.130. The van der Waals surface area contributed by atoms with Crippen LogP contribution in [0.2, 0.25) is 0 Å². The zero-order valence-corrected chi connectivity index (χ0v) is 15.4. The largest absolute Gasteiger partial charge is 0.272 e. The molecule has 0 N–H and O–H groups in total. The molecule has 1 aliphatic heterocycles. The Balaban J connectivity index is 1.74. The van der Waals surface area contributed by atoms with Gasteiger partial charge in [-0.3, -0.25) is 4.79 Å². The summed E-state index contributed by atoms with van der Waals surface area (Å²) in [6.07, 6.45) is 5.45. The molecular weight excluding hydrogens is 360 g/mol. The standard InChI is InChI=1S/C18H17ClN2OS2/c19-11-16(22)21-18(15-7-3-9-24-15)14-6-1-4-12(17(14)20-21)10-13-5-2-8-23-13/h2-3,5,7-10,14,18H,1,4,6,11H2/b12-10+/t14-,18+/m1/s1. The Labute approximate surface area is 154 Å². The number of carbonyl (C=O) groups excluding carboxylic acids is 1. The van der Waals surface area contributed by atoms with Crippen molar-refractivity contribution in [3.63, 3.8) is 0 Å². The maximum atomic E-state index is 12.4. The van der Waals surface area contributed by atoms with Gasteiger partial charge in [-0.2, -0.15) is 5.10 Å². The second kappa shape index (κ2) is 6.82. The molecule has 6 heteroatoms. The molecule has 2 aliphatic rings. The zero-order valence-electron chi connectivity index (χ0n) is 13.0. The van der Waals surface area contributed by atoms with E-state index in [9.17, 15) is 4.79 Å². The zero-order chi connectivity index (χ0) is 16.5. The van der Waals surface area contributed by atoms with Crippen LogP contribution >= 0.6 is 34.3 Å². The van der Waals surface area contributed by atoms with Gasteiger partial charge in [0.25, 0.3) is 5.91 Å². The van der Waals surface area contributed by atoms with Crippen LogP contribution in [-0.2, 0) is 4.79 Å². The second-order valence-electron chi connectivity index (χ2n) is 6.00. The van der Waals surface area contributed by atoms with E-state index in [1.54, 1.807) is 27.7 Å². The van der Waals surface area contributed by atoms with E-state index in [0.29, 0.717) is 0 Å². The molecule has 1 aliphatic carbocycles. The lowest BCUT2D eigenvalue weighted by Crippen LogP contribution is -2.31. The molecule has 0 saturated heterocycles. The normalized spacial score (nSPS) is 25.0. The van der Waals surface area contributed by atoms with Crippen LogP contribution in [0.25, 0.3) is 6.08 Å². The number of hydrogen-bond donors (Lipinski definition) is 0. The summed E-state index contributed by atoms with van der Waals surface area (Å²) < 4.78 is 0. The highest BCUT2D eigenvalue weighted by Gasteiger charge is 2.43. The highest BCUT2D eigenvalue weighted by atomic mass is 35.5. The maximum absolute atomic E-state index is 12.4. The van der Waals surface area contributed by atoms with Gasteiger partial charge < -0.3 is 0 Å². The van der Waals surface area contributed by atoms with Crippen LogP contribution < -0.4 is 0 Å². The Hall–Kier alpha value is -1.43. The van der Waals surface area contributed by atoms with Crippen LogP contribution in [0.1, 0.15) is 35.1 Å². The number of alkyl halides is 1. The first-order valence-corrected chi connectivity index (χ1v) is 10.3. The molecule has 3 nitrogen and oxygen atoms in total. The van der Waals surface area contributed by atoms with Crippen molar-refractivity contribution in [1.29, 1.82) is 0 Å². The molecule has 0 aromatic carbocycles. The van der Waals surface area contributed by atoms with E-state index < -0.39 is 0 Å². The molecular formula is C18H17ClN2OS2. The summed E-state index contributed by atoms with van der Waals surface area (Å²) in [7, 11) is 0. The topological polar surface area (TPSA) is 32.7 Å². The third kappa shape index (κ3) is 2.85. The molecule has 0 unspecified atom stereocenters. The van der Waals surface area contributed by atoms with Crippen molar-refractivity contribution in [3.05, 3.63) is 50.4 Å². The summed E-state index contributed by atoms with van der Waals surface area (Å²) in [6, 6.07) is 8.31. The van der Waals surface area contributed by atoms with Crippen LogP contribution in [0.3, 0.4) is 0 Å². The molecule has 2 atom stereocenters. The Kier molecular flexibility index (Phi) is 4.57. The SMILES string of the molecule is O=C(CCl)N1N=C2/C(=C/c3cccs3)CCC[C@H]2[C@H]1c1cccs1. The van der Waals surface area contributed by atoms with Crippen molar-refractivity contribution in [2.45, 2.75) is 25.3 Å². The van der Waals surface area contributed by atoms with E-state index in [1.165, 1.54) is 15.3 Å². The number of thiophene rings is 2. The smallest absolute Gasteiger partial charge is 0.258 e. The maximum Gasteiger partial charge on any atom is 0.258 e. The van der Waals surface area contributed by atoms with Crippen LogP contribution in [0.4, 0.5) is 0 Å². The second-order valence-corrected chi connectivity index (χ2v) is 8.23. The molecule has 3 heterocycles. The number of allylic oxidation sites excluding steroid dienone is 1. The third-order valence-electron chi connectivity index (χ3n) is 4.57. The Bertz CT molecular complexity index is 780. The van der Waals surface area contributed by atoms with E-state index in [2.05, 4.69) is 35.0 Å². The average Bonchev–Trinajstić information content (AvgIpc) is 3.33. The molecule has 4 rings (SSSR count). The van der Waals surface area contributed by atoms with Crippen molar-refractivity contribution in [1.82, 2.24) is 5.01 Å². The van der Waals surface area contributed by atoms with Crippen LogP contribution in [0, 0.1) is 5.92 Å². The van der Waals surface area contributed by atoms with Crippen molar-refractivity contribution >= 4 is 52.0 Å². The molecule has 0 bridgehead atoms. The van der Waals surface area contributed by atoms with E-state index >= 15 is 0 Å². The number of hydrogen-bond acceptors (Lipinski definition) is 4. The van der Waals surface area contributed by atoms with E-state index in [1.807, 2.05) is 6.07 Å². The molecule has 0 radical (unpaired) electrons. The molecule has 1 saturated carbocycles. The minimum Gasteiger partial charge on any atom is -0.272 e. The number of rotatable bonds is 3. The lowest BCUT2D eigenvalue weighted by atomic mass is 9.79. The number of halogens is 1. The number of hydrazone groups is 1. The average molecular weight is 377 g/mol. The highest BCUT2D eigenvalue weighted by Crippen LogP contribution is 2.45. The monoisotopic (exact) mass is 376 g/mol. The third-order valence-corrected chi connectivity index (χ3v) is 6.56. The fourth-order valence-electron chi connectivity index (χ4n) is 3.55. The summed E-state index contributed by atoms with van der Waals surface area (Å²) in [5, 5.41) is 10.5. The van der Waals surface area contributed by atoms with E-state index in [4.69, 9.17) is 16.7 Å². The number of fused-ring (bicyclic) bond motifs is 1. The van der Waals surface area contributed by atoms with Gasteiger partial charge in [-0.1, -0.05) is 12.1 Å². The first kappa shape index (κ1) is 16.1. The summed E-state index contributed by atoms with van der Waals surface area (Å²) in [6.45, 7) is 0. The van der Waals surface area contributed by atoms with Crippen molar-refractivity contribution < 1.29 is 4.79 Å². The Morgan fingerprint density at radius 2 is 2.17 bits per heavy atom. The van der Waals surface area contributed by atoms with Gasteiger partial charge in [0.15, 0.2) is 0 Å². The first-order chi connectivity index (χ1) is 11.8. The number of carbonyl (C=O) groups is 1. The van der Waals surface area contributed by atoms with Crippen molar-refractivity contribution in [3.8, 4) is 0 Å². The van der Waals surface area contributed by atoms with Gasteiger partial charge in [-0.05, 0) is 53.8 Å². The first-order valence-electron chi connectivity index (χ1n) is 8.02. The molecule has 0 spiro atoms. The lowest BCUT2D eigenvalue weighted by Gasteiger charge is -2.28. The van der Waals surface area contributed by atoms with Crippen LogP contribution in [-0.4, -0.2) is 22.5 Å². The van der Waals surface area contributed by atoms with Gasteiger partial charge >= 0.3 is 0 Å². The van der Waals surface area contributed by atoms with Crippen LogP contribution in [0.15, 0.2) is 45.7 Å². The quantitative estimate of drug-likeness (QED) is 0.680. The van der Waals surface area contributed by atoms with Crippen molar-refractivity contribution in [2.24, 2.45) is 11.0 Å². The predicted octanol–water partition coefficient (Wildman–Crippen LogP) is 5.17. The molecule has 124 valence electrons. The van der Waals surface area contributed by atoms with Crippen LogP contribution in [0.5, 0.6) is 0 Å². The molecule has 24 heavy (non-hydrogen) atoms. The van der Waals surface area contributed by atoms with Gasteiger partial charge in [0, 0.05) is 15.7 Å². The molecule has 2 aromatic rings. The Morgan fingerprint density at radius 1 is 1.33 bits per heavy atom. The molecule has 2 aromatic heterocycles. The fraction of sp³-hybridized carbons (Fsp3) is 0.333. The van der Waals surface area contributed by atoms with E-state index in [-0.39, 0.29) is 23.7 Å². The summed E-state index contributed by atoms with van der Waals surface area (Å²) in [5.41, 5.74) is 2.34. The van der Waals surface area contributed by atoms with Gasteiger partial charge in [-0.25, -0.2) is 5.01 Å². The van der Waals surface area contributed by atoms with Gasteiger partial charge in [-0.15, -0.1) is 34.3 Å². The number of amides is 1. The number of nitrogens with zero attached hydrogens (tertiary/aromatic N) is 2. The van der Waals surface area contributed by atoms with Gasteiger partial charge in [0.1, 0.15) is 5.88 Å². The van der Waals surface area contributed by atoms with E-state index in [0.717, 1.165) is 25.0 Å². The van der Waals surface area contributed by atoms with Gasteiger partial charge in [0.2, 0.25) is 0 Å². The van der Waals surface area contributed by atoms with Gasteiger partial charge in [0.05, 0.1) is 11.8 Å². The summed E-state index contributed by atoms with van der Waals surface area (Å²) in [5.74, 6) is 0.123. The molecule has 1 amide bonds. The predicted molar refractivity (Wildman–Crippen MR) is 102 cm³/mol. The minimum absolute atomic E-state index is 0.00159. The van der Waals surface area contributed by atoms with Crippen molar-refractivity contribution in [2.75, 3.05) is 5.88 Å². The molecule has 1 fully saturated rings. The highest BCUT2D eigenvalue weighted by molar-refractivity contribution is 7.11. The minimum atomic E-state index is -0.118.